The standard InChI is InChI=1S/C15H21N3O2/c1-2-18(11-12-6-4-3-5-7-12)14(19)10-17-15(20)13-8-16-9-13/h3-7,13,16H,2,8-11H2,1H3,(H,17,20). The van der Waals surface area contributed by atoms with Crippen molar-refractivity contribution in [3.8, 4) is 0 Å². The summed E-state index contributed by atoms with van der Waals surface area (Å²) >= 11 is 0. The third-order valence-corrected chi connectivity index (χ3v) is 3.52. The highest BCUT2D eigenvalue weighted by molar-refractivity contribution is 5.86. The molecule has 0 spiro atoms. The van der Waals surface area contributed by atoms with Crippen LogP contribution in [0, 0.1) is 5.92 Å². The maximum atomic E-state index is 12.1. The van der Waals surface area contributed by atoms with Gasteiger partial charge in [-0.25, -0.2) is 0 Å². The van der Waals surface area contributed by atoms with Crippen LogP contribution in [0.15, 0.2) is 30.3 Å². The van der Waals surface area contributed by atoms with Gasteiger partial charge in [0.2, 0.25) is 11.8 Å². The molecule has 1 aromatic carbocycles. The third-order valence-electron chi connectivity index (χ3n) is 3.52. The average molecular weight is 275 g/mol. The molecular weight excluding hydrogens is 254 g/mol. The Hall–Kier alpha value is -1.88. The van der Waals surface area contributed by atoms with E-state index in [9.17, 15) is 9.59 Å². The molecule has 108 valence electrons. The van der Waals surface area contributed by atoms with E-state index in [0.717, 1.165) is 5.56 Å². The summed E-state index contributed by atoms with van der Waals surface area (Å²) in [7, 11) is 0. The maximum absolute atomic E-state index is 12.1. The highest BCUT2D eigenvalue weighted by Crippen LogP contribution is 2.05. The fourth-order valence-electron chi connectivity index (χ4n) is 2.07. The van der Waals surface area contributed by atoms with Crippen LogP contribution in [0.1, 0.15) is 12.5 Å². The molecule has 0 radical (unpaired) electrons. The minimum Gasteiger partial charge on any atom is -0.347 e. The molecule has 0 saturated carbocycles. The van der Waals surface area contributed by atoms with Crippen molar-refractivity contribution in [2.24, 2.45) is 5.92 Å². The molecule has 1 heterocycles. The summed E-state index contributed by atoms with van der Waals surface area (Å²) in [5.41, 5.74) is 1.09. The van der Waals surface area contributed by atoms with E-state index in [1.165, 1.54) is 0 Å². The van der Waals surface area contributed by atoms with Crippen LogP contribution >= 0.6 is 0 Å². The highest BCUT2D eigenvalue weighted by atomic mass is 16.2. The summed E-state index contributed by atoms with van der Waals surface area (Å²) in [4.78, 5) is 25.5. The number of hydrogen-bond acceptors (Lipinski definition) is 3. The third kappa shape index (κ3) is 3.81. The van der Waals surface area contributed by atoms with Gasteiger partial charge in [-0.15, -0.1) is 0 Å². The van der Waals surface area contributed by atoms with Crippen molar-refractivity contribution in [2.45, 2.75) is 13.5 Å². The van der Waals surface area contributed by atoms with Gasteiger partial charge in [-0.1, -0.05) is 30.3 Å². The van der Waals surface area contributed by atoms with E-state index >= 15 is 0 Å². The van der Waals surface area contributed by atoms with E-state index < -0.39 is 0 Å². The first-order valence-electron chi connectivity index (χ1n) is 7.01. The van der Waals surface area contributed by atoms with Crippen molar-refractivity contribution in [2.75, 3.05) is 26.2 Å². The average Bonchev–Trinajstić information content (AvgIpc) is 2.41. The number of carbonyl (C=O) groups is 2. The Morgan fingerprint density at radius 3 is 2.55 bits per heavy atom. The Balaban J connectivity index is 1.81. The molecule has 0 unspecified atom stereocenters. The Morgan fingerprint density at radius 2 is 2.00 bits per heavy atom. The van der Waals surface area contributed by atoms with Gasteiger partial charge in [-0.05, 0) is 12.5 Å². The van der Waals surface area contributed by atoms with Gasteiger partial charge in [0.25, 0.3) is 0 Å². The zero-order chi connectivity index (χ0) is 14.4. The predicted octanol–water partition coefficient (Wildman–Crippen LogP) is 0.371. The van der Waals surface area contributed by atoms with Crippen LogP contribution in [0.25, 0.3) is 0 Å². The molecule has 2 N–H and O–H groups in total. The molecule has 0 aromatic heterocycles. The lowest BCUT2D eigenvalue weighted by Crippen LogP contribution is -2.52. The quantitative estimate of drug-likeness (QED) is 0.788. The predicted molar refractivity (Wildman–Crippen MR) is 76.9 cm³/mol. The molecule has 1 aliphatic rings. The molecule has 1 fully saturated rings. The monoisotopic (exact) mass is 275 g/mol. The van der Waals surface area contributed by atoms with Gasteiger partial charge in [0.1, 0.15) is 0 Å². The molecule has 2 amide bonds. The Morgan fingerprint density at radius 1 is 1.30 bits per heavy atom. The van der Waals surface area contributed by atoms with Crippen LogP contribution in [0.4, 0.5) is 0 Å². The van der Waals surface area contributed by atoms with Gasteiger partial charge in [-0.2, -0.15) is 0 Å². The summed E-state index contributed by atoms with van der Waals surface area (Å²) < 4.78 is 0. The lowest BCUT2D eigenvalue weighted by Gasteiger charge is -2.26. The van der Waals surface area contributed by atoms with E-state index in [4.69, 9.17) is 0 Å². The highest BCUT2D eigenvalue weighted by Gasteiger charge is 2.25. The van der Waals surface area contributed by atoms with Crippen molar-refractivity contribution < 1.29 is 9.59 Å². The number of benzene rings is 1. The Labute approximate surface area is 119 Å². The van der Waals surface area contributed by atoms with Crippen molar-refractivity contribution in [3.05, 3.63) is 35.9 Å². The number of likely N-dealkylation sites (N-methyl/N-ethyl adjacent to an activating group) is 1. The van der Waals surface area contributed by atoms with E-state index in [0.29, 0.717) is 26.2 Å². The number of rotatable bonds is 6. The molecule has 0 atom stereocenters. The summed E-state index contributed by atoms with van der Waals surface area (Å²) in [5.74, 6) is -0.0585. The minimum atomic E-state index is -0.0445. The smallest absolute Gasteiger partial charge is 0.242 e. The van der Waals surface area contributed by atoms with Gasteiger partial charge in [-0.3, -0.25) is 9.59 Å². The van der Waals surface area contributed by atoms with Gasteiger partial charge in [0.15, 0.2) is 0 Å². The number of nitrogens with zero attached hydrogens (tertiary/aromatic N) is 1. The van der Waals surface area contributed by atoms with Crippen molar-refractivity contribution in [1.29, 1.82) is 0 Å². The van der Waals surface area contributed by atoms with E-state index in [2.05, 4.69) is 10.6 Å². The fourth-order valence-corrected chi connectivity index (χ4v) is 2.07. The lowest BCUT2D eigenvalue weighted by molar-refractivity contribution is -0.134. The molecule has 20 heavy (non-hydrogen) atoms. The second-order valence-corrected chi connectivity index (χ2v) is 4.97. The summed E-state index contributed by atoms with van der Waals surface area (Å²) in [5, 5.41) is 5.75. The molecule has 0 aliphatic carbocycles. The molecule has 1 aliphatic heterocycles. The molecule has 1 saturated heterocycles. The topological polar surface area (TPSA) is 61.4 Å². The van der Waals surface area contributed by atoms with Gasteiger partial charge in [0.05, 0.1) is 12.5 Å². The summed E-state index contributed by atoms with van der Waals surface area (Å²) in [6.45, 7) is 4.66. The Bertz CT molecular complexity index is 457. The van der Waals surface area contributed by atoms with E-state index in [1.54, 1.807) is 4.90 Å². The van der Waals surface area contributed by atoms with Crippen LogP contribution in [0.3, 0.4) is 0 Å². The largest absolute Gasteiger partial charge is 0.347 e. The first kappa shape index (κ1) is 14.5. The molecule has 2 rings (SSSR count). The zero-order valence-corrected chi connectivity index (χ0v) is 11.8. The molecule has 5 heteroatoms. The summed E-state index contributed by atoms with van der Waals surface area (Å²) in [6, 6.07) is 9.86. The second kappa shape index (κ2) is 7.05. The molecule has 0 bridgehead atoms. The summed E-state index contributed by atoms with van der Waals surface area (Å²) in [6.07, 6.45) is 0. The van der Waals surface area contributed by atoms with Crippen molar-refractivity contribution in [3.63, 3.8) is 0 Å². The molecular formula is C15H21N3O2. The maximum Gasteiger partial charge on any atom is 0.242 e. The van der Waals surface area contributed by atoms with Crippen molar-refractivity contribution >= 4 is 11.8 Å². The normalized spacial score (nSPS) is 14.4. The van der Waals surface area contributed by atoms with Crippen LogP contribution in [0.2, 0.25) is 0 Å². The minimum absolute atomic E-state index is 0.0204. The van der Waals surface area contributed by atoms with Crippen LogP contribution < -0.4 is 10.6 Å². The molecule has 5 nitrogen and oxygen atoms in total. The lowest BCUT2D eigenvalue weighted by atomic mass is 10.0. The number of carbonyl (C=O) groups excluding carboxylic acids is 2. The first-order chi connectivity index (χ1) is 9.70. The fraction of sp³-hybridized carbons (Fsp3) is 0.467. The Kier molecular flexibility index (Phi) is 5.12. The zero-order valence-electron chi connectivity index (χ0n) is 11.8. The van der Waals surface area contributed by atoms with Gasteiger partial charge in [0, 0.05) is 26.2 Å². The van der Waals surface area contributed by atoms with Crippen LogP contribution in [-0.2, 0) is 16.1 Å². The number of nitrogens with one attached hydrogen (secondary N) is 2. The van der Waals surface area contributed by atoms with E-state index in [-0.39, 0.29) is 24.3 Å². The number of amides is 2. The van der Waals surface area contributed by atoms with Gasteiger partial charge < -0.3 is 15.5 Å². The van der Waals surface area contributed by atoms with Crippen molar-refractivity contribution in [1.82, 2.24) is 15.5 Å². The van der Waals surface area contributed by atoms with Gasteiger partial charge >= 0.3 is 0 Å². The SMILES string of the molecule is CCN(Cc1ccccc1)C(=O)CNC(=O)C1CNC1. The first-order valence-corrected chi connectivity index (χ1v) is 7.01. The number of hydrogen-bond donors (Lipinski definition) is 2. The van der Waals surface area contributed by atoms with Crippen LogP contribution in [0.5, 0.6) is 0 Å². The molecule has 1 aromatic rings. The van der Waals surface area contributed by atoms with E-state index in [1.807, 2.05) is 37.3 Å². The second-order valence-electron chi connectivity index (χ2n) is 4.97. The van der Waals surface area contributed by atoms with Crippen LogP contribution in [-0.4, -0.2) is 42.9 Å².